The minimum absolute atomic E-state index is 0.0270. The summed E-state index contributed by atoms with van der Waals surface area (Å²) < 4.78 is 29.2. The maximum atomic E-state index is 12.5. The van der Waals surface area contributed by atoms with Crippen LogP contribution in [-0.4, -0.2) is 19.6 Å². The van der Waals surface area contributed by atoms with Crippen molar-refractivity contribution in [1.29, 1.82) is 0 Å². The Balaban J connectivity index is 1.34. The molecule has 0 saturated heterocycles. The van der Waals surface area contributed by atoms with E-state index in [1.807, 2.05) is 70.3 Å². The van der Waals surface area contributed by atoms with Crippen LogP contribution in [0, 0.1) is 0 Å². The standard InChI is InChI=1S/C65H67N3O/c1-40(2)43-21-23-45(24-22-43)47-31-32-66-58(38-47)51-34-49(44-17-14-13-15-18-44)33-50(35-51)54-19-16-20-60-61(54)67-63(57-37-48(41(3)4)36-55(42(5)6)62(57)69)68(60)59-30-29-53(65(10,11)12)39-56(59)46-25-27-52(28-26-46)64(7,8)9/h13-42,69H,1-12H3/i40D,41D,42D. The molecule has 0 aliphatic heterocycles. The molecular weight excluding hydrogens is 839 g/mol. The molecule has 4 heteroatoms. The van der Waals surface area contributed by atoms with Gasteiger partial charge in [0.25, 0.3) is 0 Å². The average molecular weight is 909 g/mol. The number of phenols is 1. The Morgan fingerprint density at radius 2 is 1.10 bits per heavy atom. The lowest BCUT2D eigenvalue weighted by Crippen LogP contribution is -2.12. The smallest absolute Gasteiger partial charge is 0.149 e. The van der Waals surface area contributed by atoms with Crippen molar-refractivity contribution in [3.05, 3.63) is 192 Å². The van der Waals surface area contributed by atoms with E-state index < -0.39 is 17.7 Å². The molecule has 0 saturated carbocycles. The van der Waals surface area contributed by atoms with Gasteiger partial charge in [0, 0.05) is 27.0 Å². The first-order valence-electron chi connectivity index (χ1n) is 25.7. The molecule has 9 rings (SSSR count). The molecule has 348 valence electrons. The average Bonchev–Trinajstić information content (AvgIpc) is 3.72. The molecule has 0 spiro atoms. The zero-order valence-electron chi connectivity index (χ0n) is 45.4. The van der Waals surface area contributed by atoms with Crippen LogP contribution in [0.25, 0.3) is 83.9 Å². The summed E-state index contributed by atoms with van der Waals surface area (Å²) >= 11 is 0. The summed E-state index contributed by atoms with van der Waals surface area (Å²) in [6.07, 6.45) is 1.86. The third kappa shape index (κ3) is 9.42. The maximum absolute atomic E-state index is 12.5. The van der Waals surface area contributed by atoms with Crippen LogP contribution in [0.1, 0.15) is 133 Å². The largest absolute Gasteiger partial charge is 0.507 e. The van der Waals surface area contributed by atoms with Gasteiger partial charge in [-0.05, 0) is 144 Å². The van der Waals surface area contributed by atoms with Crippen LogP contribution in [0.15, 0.2) is 164 Å². The fourth-order valence-electron chi connectivity index (χ4n) is 9.30. The quantitative estimate of drug-likeness (QED) is 0.149. The number of hydrogen-bond acceptors (Lipinski definition) is 3. The first-order chi connectivity index (χ1) is 33.8. The summed E-state index contributed by atoms with van der Waals surface area (Å²) in [5, 5.41) is 12.5. The Hall–Kier alpha value is -7.04. The topological polar surface area (TPSA) is 50.9 Å². The molecule has 0 aliphatic carbocycles. The van der Waals surface area contributed by atoms with Gasteiger partial charge in [0.1, 0.15) is 11.6 Å². The van der Waals surface area contributed by atoms with E-state index in [1.54, 1.807) is 13.8 Å². The molecule has 1 N–H and O–H groups in total. The van der Waals surface area contributed by atoms with E-state index in [0.717, 1.165) is 78.0 Å². The van der Waals surface area contributed by atoms with Crippen LogP contribution < -0.4 is 0 Å². The predicted molar refractivity (Wildman–Crippen MR) is 293 cm³/mol. The van der Waals surface area contributed by atoms with E-state index in [9.17, 15) is 7.85 Å². The number of nitrogens with zero attached hydrogens (tertiary/aromatic N) is 3. The monoisotopic (exact) mass is 909 g/mol. The number of fused-ring (bicyclic) bond motifs is 1. The number of pyridine rings is 1. The van der Waals surface area contributed by atoms with Crippen LogP contribution >= 0.6 is 0 Å². The van der Waals surface area contributed by atoms with Crippen molar-refractivity contribution in [2.45, 2.75) is 112 Å². The molecule has 4 nitrogen and oxygen atoms in total. The van der Waals surface area contributed by atoms with Gasteiger partial charge in [-0.1, -0.05) is 186 Å². The van der Waals surface area contributed by atoms with Gasteiger partial charge in [-0.25, -0.2) is 4.98 Å². The Labute approximate surface area is 415 Å². The van der Waals surface area contributed by atoms with Gasteiger partial charge in [-0.2, -0.15) is 0 Å². The number of rotatable bonds is 10. The molecule has 2 heterocycles. The number of hydrogen-bond donors (Lipinski definition) is 1. The highest BCUT2D eigenvalue weighted by Crippen LogP contribution is 2.45. The third-order valence-corrected chi connectivity index (χ3v) is 13.5. The van der Waals surface area contributed by atoms with Crippen molar-refractivity contribution >= 4 is 11.0 Å². The van der Waals surface area contributed by atoms with E-state index in [4.69, 9.17) is 11.3 Å². The van der Waals surface area contributed by atoms with Crippen molar-refractivity contribution in [3.8, 4) is 78.6 Å². The van der Waals surface area contributed by atoms with Crippen LogP contribution in [0.2, 0.25) is 0 Å². The predicted octanol–water partition coefficient (Wildman–Crippen LogP) is 18.1. The van der Waals surface area contributed by atoms with Crippen LogP contribution in [0.3, 0.4) is 0 Å². The van der Waals surface area contributed by atoms with Crippen molar-refractivity contribution in [2.75, 3.05) is 0 Å². The minimum Gasteiger partial charge on any atom is -0.507 e. The zero-order valence-corrected chi connectivity index (χ0v) is 42.4. The normalized spacial score (nSPS) is 13.3. The second kappa shape index (κ2) is 18.5. The lowest BCUT2D eigenvalue weighted by molar-refractivity contribution is 0.466. The molecule has 0 fully saturated rings. The van der Waals surface area contributed by atoms with Crippen molar-refractivity contribution < 1.29 is 9.22 Å². The van der Waals surface area contributed by atoms with Crippen LogP contribution in [0.4, 0.5) is 0 Å². The Bertz CT molecular complexity index is 3460. The molecule has 0 amide bonds. The molecule has 9 aromatic rings. The number of aromatic nitrogens is 3. The van der Waals surface area contributed by atoms with Crippen molar-refractivity contribution in [2.24, 2.45) is 0 Å². The lowest BCUT2D eigenvalue weighted by Gasteiger charge is -2.24. The molecule has 0 atom stereocenters. The summed E-state index contributed by atoms with van der Waals surface area (Å²) in [5.74, 6) is -2.44. The van der Waals surface area contributed by atoms with Gasteiger partial charge < -0.3 is 5.11 Å². The zero-order chi connectivity index (χ0) is 51.7. The van der Waals surface area contributed by atoms with Gasteiger partial charge in [-0.15, -0.1) is 0 Å². The third-order valence-electron chi connectivity index (χ3n) is 13.5. The van der Waals surface area contributed by atoms with Crippen LogP contribution in [-0.2, 0) is 10.8 Å². The number of aromatic hydroxyl groups is 1. The van der Waals surface area contributed by atoms with E-state index in [0.29, 0.717) is 22.5 Å². The number of para-hydroxylation sites is 1. The van der Waals surface area contributed by atoms with Gasteiger partial charge in [0.15, 0.2) is 0 Å². The molecule has 7 aromatic carbocycles. The summed E-state index contributed by atoms with van der Waals surface area (Å²) in [5.41, 5.74) is 17.1. The second-order valence-electron chi connectivity index (χ2n) is 21.3. The first-order valence-corrected chi connectivity index (χ1v) is 24.2. The summed E-state index contributed by atoms with van der Waals surface area (Å²) in [4.78, 5) is 10.6. The van der Waals surface area contributed by atoms with Gasteiger partial charge in [0.2, 0.25) is 0 Å². The van der Waals surface area contributed by atoms with Gasteiger partial charge in [-0.3, -0.25) is 9.55 Å². The van der Waals surface area contributed by atoms with E-state index in [2.05, 4.69) is 167 Å². The van der Waals surface area contributed by atoms with E-state index in [1.165, 1.54) is 11.1 Å². The lowest BCUT2D eigenvalue weighted by atomic mass is 9.83. The van der Waals surface area contributed by atoms with Gasteiger partial charge in [0.05, 0.1) is 28.0 Å². The summed E-state index contributed by atoms with van der Waals surface area (Å²) in [6.45, 7) is 24.4. The second-order valence-corrected chi connectivity index (χ2v) is 21.3. The molecule has 0 unspecified atom stereocenters. The molecule has 0 aliphatic rings. The highest BCUT2D eigenvalue weighted by atomic mass is 16.3. The number of imidazole rings is 1. The number of benzene rings is 7. The molecular formula is C65H67N3O. The molecule has 2 aromatic heterocycles. The van der Waals surface area contributed by atoms with E-state index in [-0.39, 0.29) is 16.6 Å². The van der Waals surface area contributed by atoms with E-state index >= 15 is 0 Å². The maximum Gasteiger partial charge on any atom is 0.149 e. The van der Waals surface area contributed by atoms with Crippen molar-refractivity contribution in [3.63, 3.8) is 0 Å². The SMILES string of the molecule is [2H]C(C)(C)c1ccc(-c2ccnc(-c3cc(-c4ccccc4)cc(-c4cccc5c4nc(-c4cc(C([2H])(C)C)cc(C([2H])(C)C)c4O)n5-c4ccc(C(C)(C)C)cc4-c4ccc(C(C)(C)C)cc4)c3)c2)cc1. The summed E-state index contributed by atoms with van der Waals surface area (Å²) in [7, 11) is 0. The Kier molecular flexibility index (Phi) is 11.6. The molecule has 69 heavy (non-hydrogen) atoms. The highest BCUT2D eigenvalue weighted by Gasteiger charge is 2.27. The fraction of sp³-hybridized carbons (Fsp3) is 0.262. The first kappa shape index (κ1) is 43.3. The molecule has 0 radical (unpaired) electrons. The Morgan fingerprint density at radius 3 is 1.75 bits per heavy atom. The number of phenolic OH excluding ortho intramolecular Hbond substituents is 1. The summed E-state index contributed by atoms with van der Waals surface area (Å²) in [6, 6.07) is 55.0. The highest BCUT2D eigenvalue weighted by molar-refractivity contribution is 5.98. The van der Waals surface area contributed by atoms with Crippen molar-refractivity contribution in [1.82, 2.24) is 14.5 Å². The minimum atomic E-state index is -1.18. The van der Waals surface area contributed by atoms with Crippen LogP contribution in [0.5, 0.6) is 5.75 Å². The Morgan fingerprint density at radius 1 is 0.478 bits per heavy atom. The molecule has 0 bridgehead atoms. The fourth-order valence-corrected chi connectivity index (χ4v) is 9.30. The van der Waals surface area contributed by atoms with Gasteiger partial charge >= 0.3 is 0 Å².